The molecule has 4 bridgehead atoms. The normalized spacial score (nSPS) is 38.7. The van der Waals surface area contributed by atoms with Crippen molar-refractivity contribution in [2.24, 2.45) is 0 Å². The molecule has 3 heterocycles. The largest absolute Gasteiger partial charge is 0.454 e. The number of aliphatic hydroxyl groups excluding tert-OH is 2. The number of hydrogen-bond donors (Lipinski definition) is 2. The van der Waals surface area contributed by atoms with Gasteiger partial charge < -0.3 is 33.9 Å². The molecule has 4 fully saturated rings. The number of aliphatic hydroxyl groups is 2. The summed E-state index contributed by atoms with van der Waals surface area (Å²) in [6, 6.07) is 8.39. The average Bonchev–Trinajstić information content (AvgIpc) is 2.63. The van der Waals surface area contributed by atoms with Crippen molar-refractivity contribution in [2.75, 3.05) is 0 Å². The molecule has 2 N–H and O–H groups in total. The van der Waals surface area contributed by atoms with Crippen LogP contribution in [0.5, 0.6) is 0 Å². The summed E-state index contributed by atoms with van der Waals surface area (Å²) in [4.78, 5) is 24.1. The van der Waals surface area contributed by atoms with Gasteiger partial charge in [0.25, 0.3) is 6.48 Å². The van der Waals surface area contributed by atoms with Crippen molar-refractivity contribution in [1.82, 2.24) is 0 Å². The van der Waals surface area contributed by atoms with Gasteiger partial charge in [0.15, 0.2) is 6.10 Å². The van der Waals surface area contributed by atoms with Gasteiger partial charge in [-0.1, -0.05) is 30.3 Å². The van der Waals surface area contributed by atoms with Gasteiger partial charge in [-0.2, -0.15) is 0 Å². The number of carbonyl (C=O) groups excluding carboxylic acids is 2. The summed E-state index contributed by atoms with van der Waals surface area (Å²) < 4.78 is 26.5. The topological polar surface area (TPSA) is 121 Å². The van der Waals surface area contributed by atoms with Crippen LogP contribution in [0.25, 0.3) is 0 Å². The van der Waals surface area contributed by atoms with Crippen molar-refractivity contribution in [3.63, 3.8) is 0 Å². The lowest BCUT2D eigenvalue weighted by molar-refractivity contribution is -0.481. The fourth-order valence-electron chi connectivity index (χ4n) is 3.49. The van der Waals surface area contributed by atoms with E-state index in [2.05, 4.69) is 0 Å². The number of rotatable bonds is 4. The van der Waals surface area contributed by atoms with E-state index in [1.165, 1.54) is 6.92 Å². The maximum absolute atomic E-state index is 12.7. The summed E-state index contributed by atoms with van der Waals surface area (Å²) in [5.41, 5.74) is 0.433. The van der Waals surface area contributed by atoms with E-state index in [1.807, 2.05) is 0 Å². The van der Waals surface area contributed by atoms with Crippen molar-refractivity contribution >= 4 is 11.9 Å². The minimum absolute atomic E-state index is 0.433. The molecule has 3 aliphatic heterocycles. The predicted molar refractivity (Wildman–Crippen MR) is 81.2 cm³/mol. The Morgan fingerprint density at radius 3 is 2.15 bits per heavy atom. The minimum atomic E-state index is -1.28. The summed E-state index contributed by atoms with van der Waals surface area (Å²) in [5.74, 6) is -1.50. The Morgan fingerprint density at radius 1 is 1.00 bits per heavy atom. The maximum Gasteiger partial charge on any atom is 0.352 e. The van der Waals surface area contributed by atoms with Crippen LogP contribution in [0.3, 0.4) is 0 Å². The molecule has 1 aromatic carbocycles. The third-order valence-electron chi connectivity index (χ3n) is 4.65. The summed E-state index contributed by atoms with van der Waals surface area (Å²) in [5, 5.41) is 20.5. The maximum atomic E-state index is 12.7. The highest BCUT2D eigenvalue weighted by molar-refractivity contribution is 5.80. The van der Waals surface area contributed by atoms with Crippen molar-refractivity contribution in [2.45, 2.75) is 56.1 Å². The summed E-state index contributed by atoms with van der Waals surface area (Å²) in [6.07, 6.45) is -7.38. The highest BCUT2D eigenvalue weighted by atomic mass is 16.9. The highest BCUT2D eigenvalue weighted by Gasteiger charge is 2.63. The second kappa shape index (κ2) is 6.60. The highest BCUT2D eigenvalue weighted by Crippen LogP contribution is 2.41. The van der Waals surface area contributed by atoms with Crippen molar-refractivity contribution in [1.29, 1.82) is 0 Å². The molecule has 0 radical (unpaired) electrons. The molecule has 0 spiro atoms. The molecule has 0 amide bonds. The van der Waals surface area contributed by atoms with Crippen molar-refractivity contribution in [3.8, 4) is 0 Å². The van der Waals surface area contributed by atoms with Crippen LogP contribution in [0, 0.1) is 0 Å². The number of esters is 2. The lowest BCUT2D eigenvalue weighted by atomic mass is 9.82. The van der Waals surface area contributed by atoms with Gasteiger partial charge in [-0.25, -0.2) is 4.79 Å². The van der Waals surface area contributed by atoms with E-state index in [1.54, 1.807) is 30.3 Å². The van der Waals surface area contributed by atoms with E-state index in [0.29, 0.717) is 5.56 Å². The first-order chi connectivity index (χ1) is 12.5. The van der Waals surface area contributed by atoms with Gasteiger partial charge in [0.2, 0.25) is 6.10 Å². The van der Waals surface area contributed by atoms with Gasteiger partial charge in [-0.3, -0.25) is 4.79 Å². The van der Waals surface area contributed by atoms with E-state index < -0.39 is 61.1 Å². The molecule has 1 aromatic rings. The van der Waals surface area contributed by atoms with Crippen LogP contribution in [-0.2, 0) is 33.3 Å². The second-order valence-electron chi connectivity index (χ2n) is 6.37. The molecule has 4 aliphatic rings. The molecule has 140 valence electrons. The molecule has 0 aromatic heterocycles. The molecular weight excluding hydrogens is 348 g/mol. The Balaban J connectivity index is 1.55. The Kier molecular flexibility index (Phi) is 4.41. The lowest BCUT2D eigenvalue weighted by Gasteiger charge is -2.56. The third-order valence-corrected chi connectivity index (χ3v) is 4.65. The van der Waals surface area contributed by atoms with Gasteiger partial charge in [0, 0.05) is 12.5 Å². The van der Waals surface area contributed by atoms with Crippen LogP contribution in [0.1, 0.15) is 18.6 Å². The quantitative estimate of drug-likeness (QED) is 0.673. The second-order valence-corrected chi connectivity index (χ2v) is 6.37. The van der Waals surface area contributed by atoms with Crippen LogP contribution in [0.2, 0.25) is 0 Å². The molecule has 3 saturated heterocycles. The Labute approximate surface area is 148 Å². The Morgan fingerprint density at radius 2 is 1.58 bits per heavy atom. The first-order valence-corrected chi connectivity index (χ1v) is 8.21. The van der Waals surface area contributed by atoms with Crippen molar-refractivity contribution < 1.29 is 43.5 Å². The third kappa shape index (κ3) is 2.87. The molecule has 1 aliphatic carbocycles. The first kappa shape index (κ1) is 17.4. The smallest absolute Gasteiger partial charge is 0.352 e. The SMILES string of the molecule is CC(=O)O[C@H](C(=O)OC1[C@H]2OC3OC([C@@H]2O)[C@H](O)[C@H]1O3)c1ccccc1. The fourth-order valence-corrected chi connectivity index (χ4v) is 3.49. The summed E-state index contributed by atoms with van der Waals surface area (Å²) in [6.45, 7) is 0.165. The van der Waals surface area contributed by atoms with Crippen molar-refractivity contribution in [3.05, 3.63) is 35.9 Å². The Hall–Kier alpha value is -2.04. The van der Waals surface area contributed by atoms with Gasteiger partial charge >= 0.3 is 11.9 Å². The zero-order valence-electron chi connectivity index (χ0n) is 13.8. The van der Waals surface area contributed by atoms with Gasteiger partial charge in [-0.05, 0) is 0 Å². The molecule has 1 saturated carbocycles. The van der Waals surface area contributed by atoms with Crippen LogP contribution in [-0.4, -0.2) is 65.3 Å². The van der Waals surface area contributed by atoms with E-state index in [9.17, 15) is 19.8 Å². The number of carbonyl (C=O) groups is 2. The standard InChI is InChI=1S/C17H18O9/c1-7(18)22-11(8-5-3-2-4-6-8)16(21)23-15-13-9(19)12-10(20)14(15)26-17(24-12)25-13/h2-6,9-15,17,19-20H,1H3/t9-,10-,11-,12?,13-,14+,15?,17?/m0/s1. The molecule has 9 heteroatoms. The zero-order chi connectivity index (χ0) is 18.4. The molecule has 8 atom stereocenters. The lowest BCUT2D eigenvalue weighted by Crippen LogP contribution is -2.75. The number of ether oxygens (including phenoxy) is 5. The van der Waals surface area contributed by atoms with Crippen LogP contribution >= 0.6 is 0 Å². The molecule has 3 unspecified atom stereocenters. The monoisotopic (exact) mass is 366 g/mol. The minimum Gasteiger partial charge on any atom is -0.454 e. The fraction of sp³-hybridized carbons (Fsp3) is 0.529. The average molecular weight is 366 g/mol. The van der Waals surface area contributed by atoms with Gasteiger partial charge in [0.1, 0.15) is 30.5 Å². The van der Waals surface area contributed by atoms with Gasteiger partial charge in [-0.15, -0.1) is 0 Å². The van der Waals surface area contributed by atoms with Crippen LogP contribution < -0.4 is 0 Å². The number of benzene rings is 1. The van der Waals surface area contributed by atoms with Gasteiger partial charge in [0.05, 0.1) is 0 Å². The van der Waals surface area contributed by atoms with E-state index >= 15 is 0 Å². The predicted octanol–water partition coefficient (Wildman–Crippen LogP) is -0.596. The molecule has 26 heavy (non-hydrogen) atoms. The van der Waals surface area contributed by atoms with Crippen LogP contribution in [0.15, 0.2) is 30.3 Å². The summed E-state index contributed by atoms with van der Waals surface area (Å²) >= 11 is 0. The molecule has 5 rings (SSSR count). The molecule has 9 nitrogen and oxygen atoms in total. The first-order valence-electron chi connectivity index (χ1n) is 8.21. The van der Waals surface area contributed by atoms with E-state index in [4.69, 9.17) is 23.7 Å². The Bertz CT molecular complexity index is 673. The molecular formula is C17H18O9. The van der Waals surface area contributed by atoms with E-state index in [0.717, 1.165) is 0 Å². The van der Waals surface area contributed by atoms with E-state index in [-0.39, 0.29) is 0 Å². The number of hydrogen-bond acceptors (Lipinski definition) is 9. The zero-order valence-corrected chi connectivity index (χ0v) is 13.8. The summed E-state index contributed by atoms with van der Waals surface area (Å²) in [7, 11) is 0. The van der Waals surface area contributed by atoms with Crippen LogP contribution in [0.4, 0.5) is 0 Å².